The van der Waals surface area contributed by atoms with E-state index in [0.29, 0.717) is 11.5 Å². The van der Waals surface area contributed by atoms with Crippen molar-refractivity contribution in [3.63, 3.8) is 0 Å². The van der Waals surface area contributed by atoms with Gasteiger partial charge in [-0.1, -0.05) is 31.2 Å². The van der Waals surface area contributed by atoms with Crippen molar-refractivity contribution in [3.05, 3.63) is 54.1 Å². The Balaban J connectivity index is 1.26. The average molecular weight is 415 g/mol. The van der Waals surface area contributed by atoms with Crippen LogP contribution >= 0.6 is 0 Å². The number of hydrogen-bond donors (Lipinski definition) is 4. The maximum absolute atomic E-state index is 13.3. The van der Waals surface area contributed by atoms with E-state index in [0.717, 1.165) is 42.4 Å². The molecule has 3 aliphatic carbocycles. The summed E-state index contributed by atoms with van der Waals surface area (Å²) in [7, 11) is 0. The highest BCUT2D eigenvalue weighted by Crippen LogP contribution is 2.58. The molecule has 7 heteroatoms. The lowest BCUT2D eigenvalue weighted by Gasteiger charge is -2.60. The molecule has 7 nitrogen and oxygen atoms in total. The second-order valence-corrected chi connectivity index (χ2v) is 9.54. The summed E-state index contributed by atoms with van der Waals surface area (Å²) < 4.78 is 0. The van der Waals surface area contributed by atoms with Crippen LogP contribution in [0.4, 0.5) is 11.6 Å². The van der Waals surface area contributed by atoms with E-state index in [9.17, 15) is 9.59 Å². The molecular formula is C24H25N5O2. The molecule has 0 saturated heterocycles. The largest absolute Gasteiger partial charge is 0.362 e. The second-order valence-electron chi connectivity index (χ2n) is 9.54. The number of H-pyrrole nitrogens is 1. The lowest BCUT2D eigenvalue weighted by atomic mass is 9.51. The number of para-hydroxylation sites is 3. The number of nitrogens with zero attached hydrogens (tertiary/aromatic N) is 1. The zero-order valence-electron chi connectivity index (χ0n) is 17.4. The summed E-state index contributed by atoms with van der Waals surface area (Å²) in [5, 5.41) is 9.93. The second kappa shape index (κ2) is 6.33. The third-order valence-electron chi connectivity index (χ3n) is 7.62. The summed E-state index contributed by atoms with van der Waals surface area (Å²) in [5.74, 6) is 0.528. The molecule has 31 heavy (non-hydrogen) atoms. The van der Waals surface area contributed by atoms with Crippen molar-refractivity contribution in [1.82, 2.24) is 15.3 Å². The number of rotatable bonds is 2. The van der Waals surface area contributed by atoms with Crippen LogP contribution in [-0.2, 0) is 4.79 Å². The molecule has 7 rings (SSSR count). The van der Waals surface area contributed by atoms with Crippen molar-refractivity contribution in [2.45, 2.75) is 38.3 Å². The number of fused-ring (bicyclic) bond motifs is 4. The molecule has 4 aliphatic rings. The molecule has 1 aromatic heterocycles. The van der Waals surface area contributed by atoms with E-state index in [2.05, 4.69) is 32.8 Å². The van der Waals surface area contributed by atoms with Gasteiger partial charge in [0, 0.05) is 17.5 Å². The molecule has 4 atom stereocenters. The van der Waals surface area contributed by atoms with Crippen LogP contribution in [0, 0.1) is 17.3 Å². The Morgan fingerprint density at radius 1 is 1.13 bits per heavy atom. The van der Waals surface area contributed by atoms with Crippen molar-refractivity contribution in [1.29, 1.82) is 0 Å². The molecule has 2 bridgehead atoms. The van der Waals surface area contributed by atoms with Crippen LogP contribution in [0.3, 0.4) is 0 Å². The minimum Gasteiger partial charge on any atom is -0.362 e. The number of carbonyl (C=O) groups is 2. The first-order valence-electron chi connectivity index (χ1n) is 10.9. The first-order chi connectivity index (χ1) is 15.0. The summed E-state index contributed by atoms with van der Waals surface area (Å²) in [4.78, 5) is 33.8. The summed E-state index contributed by atoms with van der Waals surface area (Å²) in [5.41, 5.74) is 2.60. The molecule has 2 heterocycles. The van der Waals surface area contributed by atoms with Gasteiger partial charge in [0.1, 0.15) is 5.66 Å². The summed E-state index contributed by atoms with van der Waals surface area (Å²) in [6, 6.07) is 15.4. The van der Waals surface area contributed by atoms with Crippen molar-refractivity contribution in [2.75, 3.05) is 10.6 Å². The van der Waals surface area contributed by atoms with Gasteiger partial charge in [-0.2, -0.15) is 0 Å². The molecule has 2 amide bonds. The number of aromatic nitrogens is 2. The van der Waals surface area contributed by atoms with E-state index in [-0.39, 0.29) is 29.1 Å². The van der Waals surface area contributed by atoms with Crippen molar-refractivity contribution < 1.29 is 9.59 Å². The number of benzene rings is 2. The molecule has 3 saturated carbocycles. The molecule has 3 fully saturated rings. The van der Waals surface area contributed by atoms with Gasteiger partial charge in [0.15, 0.2) is 0 Å². The van der Waals surface area contributed by atoms with Crippen LogP contribution in [-0.4, -0.2) is 27.4 Å². The van der Waals surface area contributed by atoms with E-state index in [4.69, 9.17) is 0 Å². The van der Waals surface area contributed by atoms with Crippen LogP contribution in [0.25, 0.3) is 11.0 Å². The number of aromatic amines is 1. The molecule has 158 valence electrons. The van der Waals surface area contributed by atoms with Crippen LogP contribution in [0.2, 0.25) is 0 Å². The minimum absolute atomic E-state index is 0.00337. The molecule has 0 radical (unpaired) electrons. The maximum atomic E-state index is 13.3. The Labute approximate surface area is 180 Å². The third kappa shape index (κ3) is 2.76. The molecule has 0 unspecified atom stereocenters. The molecule has 3 aromatic rings. The summed E-state index contributed by atoms with van der Waals surface area (Å²) in [6.45, 7) is 2.18. The van der Waals surface area contributed by atoms with Gasteiger partial charge in [-0.15, -0.1) is 0 Å². The zero-order chi connectivity index (χ0) is 21.2. The molecule has 1 spiro atoms. The van der Waals surface area contributed by atoms with Gasteiger partial charge in [0.25, 0.3) is 5.91 Å². The SMILES string of the molecule is C[C@@]12CC[C@@H](C[C@@H]1C(=O)Nc1nc3ccccc3[nH]1)[C@@]1(C2)NC(=O)c2ccccc2N1. The first-order valence-corrected chi connectivity index (χ1v) is 10.9. The van der Waals surface area contributed by atoms with Gasteiger partial charge in [-0.25, -0.2) is 4.98 Å². The van der Waals surface area contributed by atoms with Crippen LogP contribution in [0.5, 0.6) is 0 Å². The smallest absolute Gasteiger partial charge is 0.255 e. The Kier molecular flexibility index (Phi) is 3.76. The fraction of sp³-hybridized carbons (Fsp3) is 0.375. The fourth-order valence-electron chi connectivity index (χ4n) is 6.07. The van der Waals surface area contributed by atoms with Gasteiger partial charge >= 0.3 is 0 Å². The number of carbonyl (C=O) groups excluding carboxylic acids is 2. The maximum Gasteiger partial charge on any atom is 0.255 e. The number of anilines is 2. The third-order valence-corrected chi connectivity index (χ3v) is 7.62. The Morgan fingerprint density at radius 2 is 1.94 bits per heavy atom. The highest BCUT2D eigenvalue weighted by molar-refractivity contribution is 6.02. The summed E-state index contributed by atoms with van der Waals surface area (Å²) >= 11 is 0. The topological polar surface area (TPSA) is 98.9 Å². The Hall–Kier alpha value is -3.35. The molecule has 1 aliphatic heterocycles. The monoisotopic (exact) mass is 415 g/mol. The van der Waals surface area contributed by atoms with Crippen LogP contribution < -0.4 is 16.0 Å². The standard InChI is InChI=1S/C24H25N5O2/c1-23-11-10-14(24(13-23)28-17-7-3-2-6-15(17)20(30)29-24)12-16(23)21(31)27-22-25-18-8-4-5-9-19(18)26-22/h2-9,14,16,28H,10-13H2,1H3,(H,29,30)(H2,25,26,27,31)/t14-,16+,23-,24+/m0/s1. The fourth-order valence-corrected chi connectivity index (χ4v) is 6.07. The van der Waals surface area contributed by atoms with Gasteiger partial charge in [-0.05, 0) is 55.4 Å². The number of imidazole rings is 1. The lowest BCUT2D eigenvalue weighted by molar-refractivity contribution is -0.134. The van der Waals surface area contributed by atoms with Gasteiger partial charge in [0.05, 0.1) is 16.6 Å². The quantitative estimate of drug-likeness (QED) is 0.510. The van der Waals surface area contributed by atoms with Gasteiger partial charge in [-0.3, -0.25) is 14.9 Å². The average Bonchev–Trinajstić information content (AvgIpc) is 3.15. The highest BCUT2D eigenvalue weighted by Gasteiger charge is 2.60. The van der Waals surface area contributed by atoms with E-state index < -0.39 is 5.66 Å². The minimum atomic E-state index is -0.491. The number of nitrogens with one attached hydrogen (secondary N) is 4. The molecule has 4 N–H and O–H groups in total. The highest BCUT2D eigenvalue weighted by atomic mass is 16.2. The lowest BCUT2D eigenvalue weighted by Crippen LogP contribution is -2.70. The van der Waals surface area contributed by atoms with Gasteiger partial charge < -0.3 is 15.6 Å². The predicted molar refractivity (Wildman–Crippen MR) is 119 cm³/mol. The van der Waals surface area contributed by atoms with E-state index in [1.165, 1.54) is 0 Å². The van der Waals surface area contributed by atoms with Crippen LogP contribution in [0.15, 0.2) is 48.5 Å². The van der Waals surface area contributed by atoms with Crippen LogP contribution in [0.1, 0.15) is 43.0 Å². The normalized spacial score (nSPS) is 31.2. The first kappa shape index (κ1) is 18.4. The Morgan fingerprint density at radius 3 is 2.77 bits per heavy atom. The van der Waals surface area contributed by atoms with Crippen molar-refractivity contribution in [2.24, 2.45) is 17.3 Å². The molecule has 2 aromatic carbocycles. The molecular weight excluding hydrogens is 390 g/mol. The van der Waals surface area contributed by atoms with Gasteiger partial charge in [0.2, 0.25) is 11.9 Å². The van der Waals surface area contributed by atoms with Crippen molar-refractivity contribution in [3.8, 4) is 0 Å². The van der Waals surface area contributed by atoms with E-state index in [1.54, 1.807) is 0 Å². The van der Waals surface area contributed by atoms with E-state index in [1.807, 2.05) is 48.5 Å². The number of hydrogen-bond acceptors (Lipinski definition) is 4. The summed E-state index contributed by atoms with van der Waals surface area (Å²) in [6.07, 6.45) is 3.41. The number of amides is 2. The zero-order valence-corrected chi connectivity index (χ0v) is 17.4. The van der Waals surface area contributed by atoms with E-state index >= 15 is 0 Å². The predicted octanol–water partition coefficient (Wildman–Crippen LogP) is 3.88. The van der Waals surface area contributed by atoms with Crippen molar-refractivity contribution >= 4 is 34.5 Å². The Bertz CT molecular complexity index is 1190.